The van der Waals surface area contributed by atoms with Crippen LogP contribution < -0.4 is 10.6 Å². The maximum absolute atomic E-state index is 13.9. The molecule has 8 bridgehead atoms. The first-order chi connectivity index (χ1) is 50.3. The van der Waals surface area contributed by atoms with Gasteiger partial charge in [0.05, 0.1) is 22.8 Å². The average molecular weight is 1370 g/mol. The Bertz CT molecular complexity index is 5260. The Labute approximate surface area is 611 Å². The maximum atomic E-state index is 13.9. The minimum absolute atomic E-state index is 0.184. The maximum Gasteiger partial charge on any atom is 0.255 e. The summed E-state index contributed by atoms with van der Waals surface area (Å²) in [6.45, 7) is 19.6. The molecular weight excluding hydrogens is 1280 g/mol. The van der Waals surface area contributed by atoms with Gasteiger partial charge in [0.15, 0.2) is 11.6 Å². The predicted octanol–water partition coefficient (Wildman–Crippen LogP) is 23.5. The third-order valence-corrected chi connectivity index (χ3v) is 19.2. The number of nitrogens with zero attached hydrogens (tertiary/aromatic N) is 2. The van der Waals surface area contributed by atoms with Crippen LogP contribution in [0.4, 0.5) is 11.4 Å². The fourth-order valence-electron chi connectivity index (χ4n) is 13.5. The first kappa shape index (κ1) is 71.7. The highest BCUT2D eigenvalue weighted by atomic mass is 16.2. The van der Waals surface area contributed by atoms with Crippen LogP contribution in [-0.4, -0.2) is 43.3 Å². The monoisotopic (exact) mass is 1360 g/mol. The number of fused-ring (bicyclic) bond motifs is 8. The summed E-state index contributed by atoms with van der Waals surface area (Å²) in [6, 6.07) is 48.6. The van der Waals surface area contributed by atoms with E-state index in [2.05, 4.69) is 265 Å². The number of carbonyl (C=O) groups is 4. The van der Waals surface area contributed by atoms with Gasteiger partial charge in [0.2, 0.25) is 5.91 Å². The van der Waals surface area contributed by atoms with E-state index in [1.54, 1.807) is 0 Å². The second-order valence-electron chi connectivity index (χ2n) is 28.0. The molecule has 0 saturated carbocycles. The van der Waals surface area contributed by atoms with Crippen LogP contribution in [-0.2, 0) is 14.4 Å². The fraction of sp³-hybridized carbons (Fsp3) is 0.170. The number of aromatic nitrogens is 4. The van der Waals surface area contributed by atoms with Crippen LogP contribution >= 0.6 is 0 Å². The number of benzene rings is 5. The number of hydrogen-bond donors (Lipinski definition) is 4. The third-order valence-electron chi connectivity index (χ3n) is 19.2. The van der Waals surface area contributed by atoms with Crippen molar-refractivity contribution in [3.8, 4) is 44.5 Å². The summed E-state index contributed by atoms with van der Waals surface area (Å²) in [4.78, 5) is 70.0. The lowest BCUT2D eigenvalue weighted by Gasteiger charge is -2.32. The van der Waals surface area contributed by atoms with Gasteiger partial charge in [0, 0.05) is 73.3 Å². The van der Waals surface area contributed by atoms with E-state index >= 15 is 0 Å². The molecule has 0 radical (unpaired) electrons. The highest BCUT2D eigenvalue weighted by Crippen LogP contribution is 2.42. The molecule has 0 spiro atoms. The van der Waals surface area contributed by atoms with Crippen LogP contribution in [0.25, 0.3) is 97.0 Å². The van der Waals surface area contributed by atoms with Crippen molar-refractivity contribution in [3.05, 3.63) is 327 Å². The molecule has 0 saturated heterocycles. The summed E-state index contributed by atoms with van der Waals surface area (Å²) in [5.74, 6) is -0.822. The van der Waals surface area contributed by atoms with Gasteiger partial charge in [0.1, 0.15) is 0 Å². The molecule has 2 aliphatic carbocycles. The van der Waals surface area contributed by atoms with Gasteiger partial charge in [-0.2, -0.15) is 0 Å². The van der Waals surface area contributed by atoms with E-state index in [4.69, 9.17) is 9.97 Å². The summed E-state index contributed by atoms with van der Waals surface area (Å²) >= 11 is 0. The molecule has 8 aromatic rings. The van der Waals surface area contributed by atoms with Crippen LogP contribution in [0.5, 0.6) is 0 Å². The number of aromatic amines is 2. The number of ketones is 2. The zero-order valence-electron chi connectivity index (χ0n) is 60.8. The van der Waals surface area contributed by atoms with Crippen molar-refractivity contribution in [2.24, 2.45) is 5.41 Å². The molecule has 518 valence electrons. The average Bonchev–Trinajstić information content (AvgIpc) is 1.61. The number of H-pyrrole nitrogens is 2. The Kier molecular flexibility index (Phi) is 22.5. The summed E-state index contributed by atoms with van der Waals surface area (Å²) < 4.78 is 0. The van der Waals surface area contributed by atoms with E-state index in [0.717, 1.165) is 117 Å². The van der Waals surface area contributed by atoms with E-state index < -0.39 is 0 Å². The number of anilines is 2. The Hall–Kier alpha value is -12.1. The number of hydrogen-bond acceptors (Lipinski definition) is 6. The van der Waals surface area contributed by atoms with Crippen LogP contribution in [0.3, 0.4) is 0 Å². The second kappa shape index (κ2) is 32.7. The van der Waals surface area contributed by atoms with Crippen LogP contribution in [0.1, 0.15) is 137 Å². The number of aryl methyl sites for hydroxylation is 2. The molecule has 10 nitrogen and oxygen atoms in total. The van der Waals surface area contributed by atoms with E-state index in [9.17, 15) is 19.2 Å². The van der Waals surface area contributed by atoms with Gasteiger partial charge < -0.3 is 20.6 Å². The minimum atomic E-state index is -0.219. The van der Waals surface area contributed by atoms with Gasteiger partial charge in [-0.25, -0.2) is 9.97 Å². The molecule has 10 heteroatoms. The molecule has 0 fully saturated rings. The first-order valence-electron chi connectivity index (χ1n) is 35.7. The number of allylic oxidation sites excluding steroid dienone is 23. The fourth-order valence-corrected chi connectivity index (χ4v) is 13.5. The van der Waals surface area contributed by atoms with Gasteiger partial charge >= 0.3 is 0 Å². The lowest BCUT2D eigenvalue weighted by atomic mass is 9.72. The van der Waals surface area contributed by atoms with Gasteiger partial charge in [0.25, 0.3) is 5.91 Å². The van der Waals surface area contributed by atoms with Gasteiger partial charge in [-0.1, -0.05) is 223 Å². The quantitative estimate of drug-likeness (QED) is 0.0416. The molecule has 0 atom stereocenters. The van der Waals surface area contributed by atoms with Gasteiger partial charge in [-0.05, 0) is 223 Å². The topological polar surface area (TPSA) is 150 Å². The lowest BCUT2D eigenvalue weighted by molar-refractivity contribution is -0.116. The molecule has 4 N–H and O–H groups in total. The highest BCUT2D eigenvalue weighted by Gasteiger charge is 2.27. The van der Waals surface area contributed by atoms with Crippen molar-refractivity contribution < 1.29 is 19.2 Å². The molecule has 12 rings (SSSR count). The number of carbonyl (C=O) groups excluding carboxylic acids is 4. The van der Waals surface area contributed by atoms with Crippen LogP contribution in [0.15, 0.2) is 282 Å². The molecule has 2 aliphatic heterocycles. The van der Waals surface area contributed by atoms with Gasteiger partial charge in [-0.3, -0.25) is 19.2 Å². The summed E-state index contributed by atoms with van der Waals surface area (Å²) in [7, 11) is 0. The van der Waals surface area contributed by atoms with Crippen LogP contribution in [0.2, 0.25) is 0 Å². The van der Waals surface area contributed by atoms with Gasteiger partial charge in [-0.15, -0.1) is 0 Å². The molecule has 5 heterocycles. The van der Waals surface area contributed by atoms with Crippen molar-refractivity contribution in [1.82, 2.24) is 19.9 Å². The molecular formula is C94H88N6O4. The first-order valence-corrected chi connectivity index (χ1v) is 35.7. The zero-order chi connectivity index (χ0) is 72.9. The van der Waals surface area contributed by atoms with Crippen molar-refractivity contribution in [3.63, 3.8) is 0 Å². The SMILES string of the molecule is CC1=C(/C=C/C(C)=C/C=C/C(C)=C/C=C/C=C(C)/C=C/C=C(C)/C=C/c2ccc(C(=O)Nc3ccc(-c4c5nc(c(-c6ccc(C)cc6)c6ccc([nH]6)c(-c6ccc(NC(=O)CCCC7=CC(=O)C=CC7=O)cc6)c6nc(c(-c7ccc(C)cc7)c7ccc4[nH]7)C=C6)C=C5)cc3)cc2)C(C)(C)CCC1. The smallest absolute Gasteiger partial charge is 0.255 e. The minimum Gasteiger partial charge on any atom is -0.354 e. The zero-order valence-corrected chi connectivity index (χ0v) is 60.8. The number of amides is 2. The van der Waals surface area contributed by atoms with Crippen molar-refractivity contribution >= 4 is 87.2 Å². The second-order valence-corrected chi connectivity index (χ2v) is 28.0. The summed E-state index contributed by atoms with van der Waals surface area (Å²) in [5, 5.41) is 6.16. The standard InChI is InChI=1S/C94H88N6O4/c1-61(16-10-11-17-62(2)19-13-21-64(4)30-49-78-67(7)22-15-59-94(78,8)9)18-12-20-63(3)25-31-68-32-38-73(39-33-68)93(104)96-76-46-42-72(43-47-76)92-85-56-52-81(99-85)89(69-34-26-65(5)27-35-69)79-50-54-83(97-79)91(71-40-44-75(45-41-71)95-88(103)24-14-23-74-60-77(101)48-58-87(74)102)84-55-51-80(98-84)90(82-53-57-86(92)100-82)70-36-28-66(6)29-37-70/h10-13,16-21,25-58,60,97,100H,14-15,22-24,59H2,1-9H3,(H,95,103)(H,96,104)/b11-10+,18-12+,19-13+,31-25+,49-30+,61-16+,62-17+,63-20+,64-21+,89-79?,89-81?,90-80?,90-82?,91-83?,91-84?,92-85?,92-86?. The third kappa shape index (κ3) is 17.9. The number of rotatable bonds is 21. The summed E-state index contributed by atoms with van der Waals surface area (Å²) in [6.07, 6.45) is 46.6. The summed E-state index contributed by atoms with van der Waals surface area (Å²) in [5.41, 5.74) is 27.1. The molecule has 3 aromatic heterocycles. The molecule has 2 amide bonds. The van der Waals surface area contributed by atoms with E-state index in [1.165, 1.54) is 59.8 Å². The van der Waals surface area contributed by atoms with Crippen molar-refractivity contribution in [2.45, 2.75) is 101 Å². The van der Waals surface area contributed by atoms with Crippen molar-refractivity contribution in [1.29, 1.82) is 0 Å². The molecule has 5 aromatic carbocycles. The Morgan fingerprint density at radius 1 is 0.481 bits per heavy atom. The normalized spacial score (nSPS) is 15.1. The molecule has 4 aliphatic rings. The molecule has 0 unspecified atom stereocenters. The Morgan fingerprint density at radius 3 is 1.37 bits per heavy atom. The van der Waals surface area contributed by atoms with E-state index in [0.29, 0.717) is 35.4 Å². The highest BCUT2D eigenvalue weighted by molar-refractivity contribution is 6.17. The Balaban J connectivity index is 0.772. The largest absolute Gasteiger partial charge is 0.354 e. The predicted molar refractivity (Wildman–Crippen MR) is 435 cm³/mol. The van der Waals surface area contributed by atoms with Crippen LogP contribution in [0, 0.1) is 19.3 Å². The molecule has 104 heavy (non-hydrogen) atoms. The van der Waals surface area contributed by atoms with E-state index in [1.807, 2.05) is 72.8 Å². The van der Waals surface area contributed by atoms with E-state index in [-0.39, 0.29) is 35.2 Å². The number of nitrogens with one attached hydrogen (secondary N) is 4. The van der Waals surface area contributed by atoms with Crippen molar-refractivity contribution in [2.75, 3.05) is 10.6 Å². The Morgan fingerprint density at radius 2 is 0.904 bits per heavy atom. The lowest BCUT2D eigenvalue weighted by Crippen LogP contribution is -2.19.